The van der Waals surface area contributed by atoms with Crippen molar-refractivity contribution < 1.29 is 13.9 Å². The number of carbonyl (C=O) groups excluding carboxylic acids is 1. The van der Waals surface area contributed by atoms with Crippen LogP contribution in [-0.4, -0.2) is 37.6 Å². The monoisotopic (exact) mass is 498 g/mol. The number of carbonyl (C=O) groups is 1. The van der Waals surface area contributed by atoms with Crippen LogP contribution in [0, 0.1) is 5.82 Å². The number of anilines is 1. The summed E-state index contributed by atoms with van der Waals surface area (Å²) >= 11 is 12.3. The molecule has 1 amide bonds. The lowest BCUT2D eigenvalue weighted by Crippen LogP contribution is -2.45. The lowest BCUT2D eigenvalue weighted by Gasteiger charge is -2.40. The maximum Gasteiger partial charge on any atom is 0.258 e. The lowest BCUT2D eigenvalue weighted by atomic mass is 9.74. The highest BCUT2D eigenvalue weighted by Crippen LogP contribution is 2.48. The van der Waals surface area contributed by atoms with Gasteiger partial charge in [-0.05, 0) is 91.7 Å². The molecule has 3 aromatic rings. The van der Waals surface area contributed by atoms with Crippen molar-refractivity contribution in [3.63, 3.8) is 0 Å². The molecule has 2 aliphatic rings. The summed E-state index contributed by atoms with van der Waals surface area (Å²) in [6.07, 6.45) is 1.84. The quantitative estimate of drug-likeness (QED) is 0.420. The second kappa shape index (κ2) is 9.21. The van der Waals surface area contributed by atoms with E-state index in [-0.39, 0.29) is 17.1 Å². The number of fused-ring (bicyclic) bond motifs is 2. The van der Waals surface area contributed by atoms with Gasteiger partial charge in [-0.25, -0.2) is 4.39 Å². The van der Waals surface area contributed by atoms with E-state index in [4.69, 9.17) is 27.9 Å². The summed E-state index contributed by atoms with van der Waals surface area (Å²) in [6.45, 7) is 3.20. The molecule has 7 heteroatoms. The lowest BCUT2D eigenvalue weighted by molar-refractivity contribution is 0.0975. The summed E-state index contributed by atoms with van der Waals surface area (Å²) < 4.78 is 18.9. The average Bonchev–Trinajstić information content (AvgIpc) is 3.16. The molecule has 4 nitrogen and oxygen atoms in total. The largest absolute Gasteiger partial charge is 0.497 e. The van der Waals surface area contributed by atoms with E-state index in [9.17, 15) is 9.18 Å². The minimum absolute atomic E-state index is 0.110. The summed E-state index contributed by atoms with van der Waals surface area (Å²) in [4.78, 5) is 17.7. The molecule has 2 heterocycles. The number of hydrogen-bond donors (Lipinski definition) is 0. The van der Waals surface area contributed by atoms with Gasteiger partial charge in [0, 0.05) is 29.8 Å². The molecule has 176 valence electrons. The van der Waals surface area contributed by atoms with Gasteiger partial charge in [0.05, 0.1) is 17.2 Å². The average molecular weight is 499 g/mol. The normalized spacial score (nSPS) is 17.1. The molecule has 1 saturated heterocycles. The number of rotatable bonds is 4. The number of piperidine rings is 1. The first-order valence-electron chi connectivity index (χ1n) is 11.3. The number of amides is 1. The Hall–Kier alpha value is -2.60. The second-order valence-corrected chi connectivity index (χ2v) is 9.90. The van der Waals surface area contributed by atoms with E-state index in [0.717, 1.165) is 55.0 Å². The molecule has 34 heavy (non-hydrogen) atoms. The highest BCUT2D eigenvalue weighted by atomic mass is 35.5. The fraction of sp³-hybridized carbons (Fsp3) is 0.296. The minimum Gasteiger partial charge on any atom is -0.497 e. The molecule has 0 bridgehead atoms. The molecule has 1 fully saturated rings. The first-order chi connectivity index (χ1) is 16.4. The predicted octanol–water partition coefficient (Wildman–Crippen LogP) is 6.34. The van der Waals surface area contributed by atoms with Gasteiger partial charge in [0.2, 0.25) is 0 Å². The molecule has 0 aliphatic carbocycles. The van der Waals surface area contributed by atoms with Crippen molar-refractivity contribution in [2.45, 2.75) is 24.8 Å². The summed E-state index contributed by atoms with van der Waals surface area (Å²) in [7, 11) is 1.66. The van der Waals surface area contributed by atoms with Crippen LogP contribution in [0.4, 0.5) is 10.1 Å². The van der Waals surface area contributed by atoms with Crippen LogP contribution in [-0.2, 0) is 12.0 Å². The van der Waals surface area contributed by atoms with E-state index in [2.05, 4.69) is 11.0 Å². The Balaban J connectivity index is 1.39. The number of hydrogen-bond acceptors (Lipinski definition) is 3. The van der Waals surface area contributed by atoms with Crippen LogP contribution in [0.25, 0.3) is 0 Å². The van der Waals surface area contributed by atoms with E-state index in [1.165, 1.54) is 12.1 Å². The van der Waals surface area contributed by atoms with E-state index in [1.54, 1.807) is 19.2 Å². The van der Waals surface area contributed by atoms with Crippen molar-refractivity contribution in [3.8, 4) is 5.75 Å². The maximum atomic E-state index is 13.4. The second-order valence-electron chi connectivity index (χ2n) is 9.09. The number of ether oxygens (including phenoxy) is 1. The SMILES string of the molecule is COc1ccc2c(c1)C1(CCN(Cc3ccc(Cl)c(Cl)c3)CC1)CN2C(=O)c1ccc(F)cc1. The van der Waals surface area contributed by atoms with Gasteiger partial charge in [0.25, 0.3) is 5.91 Å². The minimum atomic E-state index is -0.353. The Labute approximate surface area is 208 Å². The van der Waals surface area contributed by atoms with E-state index >= 15 is 0 Å². The highest BCUT2D eigenvalue weighted by Gasteiger charge is 2.46. The third-order valence-corrected chi connectivity index (χ3v) is 7.81. The third kappa shape index (κ3) is 4.28. The highest BCUT2D eigenvalue weighted by molar-refractivity contribution is 6.42. The van der Waals surface area contributed by atoms with Gasteiger partial charge in [-0.2, -0.15) is 0 Å². The van der Waals surface area contributed by atoms with Crippen molar-refractivity contribution >= 4 is 34.8 Å². The number of halogens is 3. The van der Waals surface area contributed by atoms with Crippen molar-refractivity contribution in [3.05, 3.63) is 93.2 Å². The van der Waals surface area contributed by atoms with Crippen molar-refractivity contribution in [1.82, 2.24) is 4.90 Å². The molecule has 1 spiro atoms. The predicted molar refractivity (Wildman–Crippen MR) is 134 cm³/mol. The smallest absolute Gasteiger partial charge is 0.258 e. The van der Waals surface area contributed by atoms with Gasteiger partial charge in [0.1, 0.15) is 11.6 Å². The molecule has 2 aliphatic heterocycles. The molecule has 0 N–H and O–H groups in total. The van der Waals surface area contributed by atoms with Gasteiger partial charge < -0.3 is 9.64 Å². The number of likely N-dealkylation sites (tertiary alicyclic amines) is 1. The summed E-state index contributed by atoms with van der Waals surface area (Å²) in [6, 6.07) is 17.5. The molecule has 0 aromatic heterocycles. The van der Waals surface area contributed by atoms with Crippen molar-refractivity contribution in [1.29, 1.82) is 0 Å². The van der Waals surface area contributed by atoms with Crippen LogP contribution < -0.4 is 9.64 Å². The Bertz CT molecular complexity index is 1220. The van der Waals surface area contributed by atoms with E-state index in [0.29, 0.717) is 22.2 Å². The standard InChI is InChI=1S/C27H25Cl2FN2O2/c1-34-21-7-9-25-22(15-21)27(17-32(25)26(33)19-3-5-20(30)6-4-19)10-12-31(13-11-27)16-18-2-8-23(28)24(29)14-18/h2-9,14-15H,10-13,16-17H2,1H3. The molecular formula is C27H25Cl2FN2O2. The van der Waals surface area contributed by atoms with Crippen molar-refractivity contribution in [2.24, 2.45) is 0 Å². The summed E-state index contributed by atoms with van der Waals surface area (Å²) in [5, 5.41) is 1.13. The Kier molecular flexibility index (Phi) is 6.28. The Morgan fingerprint density at radius 3 is 2.41 bits per heavy atom. The maximum absolute atomic E-state index is 13.4. The number of methoxy groups -OCH3 is 1. The molecule has 5 rings (SSSR count). The first-order valence-corrected chi connectivity index (χ1v) is 12.1. The fourth-order valence-electron chi connectivity index (χ4n) is 5.17. The summed E-state index contributed by atoms with van der Waals surface area (Å²) in [5.41, 5.74) is 3.53. The zero-order chi connectivity index (χ0) is 23.9. The van der Waals surface area contributed by atoms with Crippen LogP contribution in [0.1, 0.15) is 34.3 Å². The molecule has 0 unspecified atom stereocenters. The molecule has 0 atom stereocenters. The Morgan fingerprint density at radius 2 is 1.74 bits per heavy atom. The fourth-order valence-corrected chi connectivity index (χ4v) is 5.49. The number of benzene rings is 3. The zero-order valence-corrected chi connectivity index (χ0v) is 20.4. The molecule has 0 radical (unpaired) electrons. The Morgan fingerprint density at radius 1 is 1.00 bits per heavy atom. The van der Waals surface area contributed by atoms with E-state index in [1.807, 2.05) is 35.2 Å². The van der Waals surface area contributed by atoms with Crippen LogP contribution in [0.3, 0.4) is 0 Å². The molecular weight excluding hydrogens is 474 g/mol. The van der Waals surface area contributed by atoms with Gasteiger partial charge >= 0.3 is 0 Å². The summed E-state index contributed by atoms with van der Waals surface area (Å²) in [5.74, 6) is 0.322. The van der Waals surface area contributed by atoms with Crippen LogP contribution in [0.2, 0.25) is 10.0 Å². The zero-order valence-electron chi connectivity index (χ0n) is 18.9. The topological polar surface area (TPSA) is 32.8 Å². The van der Waals surface area contributed by atoms with Gasteiger partial charge in [-0.1, -0.05) is 29.3 Å². The van der Waals surface area contributed by atoms with Gasteiger partial charge in [0.15, 0.2) is 0 Å². The number of nitrogens with zero attached hydrogens (tertiary/aromatic N) is 2. The molecule has 0 saturated carbocycles. The van der Waals surface area contributed by atoms with Crippen molar-refractivity contribution in [2.75, 3.05) is 31.6 Å². The molecule has 3 aromatic carbocycles. The third-order valence-electron chi connectivity index (χ3n) is 7.07. The van der Waals surface area contributed by atoms with Crippen LogP contribution in [0.15, 0.2) is 60.7 Å². The van der Waals surface area contributed by atoms with E-state index < -0.39 is 0 Å². The van der Waals surface area contributed by atoms with Gasteiger partial charge in [-0.3, -0.25) is 9.69 Å². The van der Waals surface area contributed by atoms with Crippen LogP contribution >= 0.6 is 23.2 Å². The van der Waals surface area contributed by atoms with Crippen LogP contribution in [0.5, 0.6) is 5.75 Å². The first kappa shape index (κ1) is 23.2. The van der Waals surface area contributed by atoms with Gasteiger partial charge in [-0.15, -0.1) is 0 Å².